The van der Waals surface area contributed by atoms with Crippen LogP contribution in [0.2, 0.25) is 0 Å². The fraction of sp³-hybridized carbons (Fsp3) is 0.235. The Bertz CT molecular complexity index is 684. The quantitative estimate of drug-likeness (QED) is 0.856. The van der Waals surface area contributed by atoms with Crippen LogP contribution < -0.4 is 10.6 Å². The molecule has 0 aromatic heterocycles. The summed E-state index contributed by atoms with van der Waals surface area (Å²) >= 11 is 3.43. The summed E-state index contributed by atoms with van der Waals surface area (Å²) in [6.07, 6.45) is 2.09. The summed E-state index contributed by atoms with van der Waals surface area (Å²) in [5.41, 5.74) is 4.16. The van der Waals surface area contributed by atoms with Crippen LogP contribution in [0.15, 0.2) is 46.9 Å². The van der Waals surface area contributed by atoms with E-state index in [1.807, 2.05) is 36.4 Å². The van der Waals surface area contributed by atoms with Crippen LogP contribution in [-0.4, -0.2) is 5.91 Å². The van der Waals surface area contributed by atoms with Crippen LogP contribution >= 0.6 is 15.9 Å². The summed E-state index contributed by atoms with van der Waals surface area (Å²) in [6.45, 7) is 2.16. The first kappa shape index (κ1) is 14.1. The van der Waals surface area contributed by atoms with Crippen molar-refractivity contribution < 1.29 is 4.79 Å². The molecular weight excluding hydrogens is 328 g/mol. The first-order valence-corrected chi connectivity index (χ1v) is 7.93. The number of nitrogens with one attached hydrogen (secondary N) is 2. The standard InChI is InChI=1S/C17H17BrN2O/c1-2-5-11-6-3-4-7-14(11)19-16-13-9-8-12(18)10-15(13)20-17(16)21/h3-4,6-10,16,19H,2,5H2,1H3,(H,20,21). The van der Waals surface area contributed by atoms with Gasteiger partial charge in [0.25, 0.3) is 5.91 Å². The van der Waals surface area contributed by atoms with E-state index in [-0.39, 0.29) is 11.9 Å². The van der Waals surface area contributed by atoms with E-state index in [1.54, 1.807) is 0 Å². The average molecular weight is 345 g/mol. The first-order valence-electron chi connectivity index (χ1n) is 7.14. The highest BCUT2D eigenvalue weighted by molar-refractivity contribution is 9.10. The van der Waals surface area contributed by atoms with Crippen molar-refractivity contribution in [1.82, 2.24) is 0 Å². The number of rotatable bonds is 4. The van der Waals surface area contributed by atoms with Crippen molar-refractivity contribution in [1.29, 1.82) is 0 Å². The number of carbonyl (C=O) groups is 1. The maximum Gasteiger partial charge on any atom is 0.251 e. The van der Waals surface area contributed by atoms with Gasteiger partial charge in [-0.1, -0.05) is 53.5 Å². The highest BCUT2D eigenvalue weighted by atomic mass is 79.9. The molecule has 3 nitrogen and oxygen atoms in total. The summed E-state index contributed by atoms with van der Waals surface area (Å²) in [7, 11) is 0. The summed E-state index contributed by atoms with van der Waals surface area (Å²) < 4.78 is 0.966. The smallest absolute Gasteiger partial charge is 0.251 e. The van der Waals surface area contributed by atoms with Gasteiger partial charge in [-0.2, -0.15) is 0 Å². The topological polar surface area (TPSA) is 41.1 Å². The third-order valence-corrected chi connectivity index (χ3v) is 4.18. The van der Waals surface area contributed by atoms with Crippen LogP contribution in [0.25, 0.3) is 0 Å². The number of halogens is 1. The van der Waals surface area contributed by atoms with Gasteiger partial charge in [0.2, 0.25) is 0 Å². The number of aryl methyl sites for hydroxylation is 1. The SMILES string of the molecule is CCCc1ccccc1NC1C(=O)Nc2cc(Br)ccc21. The maximum atomic E-state index is 12.2. The van der Waals surface area contributed by atoms with Gasteiger partial charge < -0.3 is 10.6 Å². The minimum absolute atomic E-state index is 0.00518. The lowest BCUT2D eigenvalue weighted by atomic mass is 10.0. The van der Waals surface area contributed by atoms with E-state index in [1.165, 1.54) is 5.56 Å². The molecular formula is C17H17BrN2O. The molecule has 3 rings (SSSR count). The second kappa shape index (κ2) is 5.90. The highest BCUT2D eigenvalue weighted by Gasteiger charge is 2.30. The van der Waals surface area contributed by atoms with Gasteiger partial charge in [-0.15, -0.1) is 0 Å². The normalized spacial score (nSPS) is 16.5. The Morgan fingerprint density at radius 3 is 2.86 bits per heavy atom. The van der Waals surface area contributed by atoms with E-state index in [2.05, 4.69) is 39.6 Å². The largest absolute Gasteiger partial charge is 0.370 e. The Kier molecular flexibility index (Phi) is 3.97. The Balaban J connectivity index is 1.91. The van der Waals surface area contributed by atoms with E-state index < -0.39 is 0 Å². The molecule has 2 aromatic rings. The highest BCUT2D eigenvalue weighted by Crippen LogP contribution is 2.35. The van der Waals surface area contributed by atoms with Gasteiger partial charge >= 0.3 is 0 Å². The molecule has 0 fully saturated rings. The van der Waals surface area contributed by atoms with E-state index in [9.17, 15) is 4.79 Å². The number of hydrogen-bond donors (Lipinski definition) is 2. The van der Waals surface area contributed by atoms with Gasteiger partial charge in [0, 0.05) is 21.4 Å². The van der Waals surface area contributed by atoms with Crippen LogP contribution in [0.3, 0.4) is 0 Å². The summed E-state index contributed by atoms with van der Waals surface area (Å²) in [4.78, 5) is 12.2. The van der Waals surface area contributed by atoms with Crippen molar-refractivity contribution in [3.8, 4) is 0 Å². The van der Waals surface area contributed by atoms with Crippen LogP contribution in [0.4, 0.5) is 11.4 Å². The van der Waals surface area contributed by atoms with Gasteiger partial charge in [0.1, 0.15) is 6.04 Å². The van der Waals surface area contributed by atoms with Crippen molar-refractivity contribution >= 4 is 33.2 Å². The molecule has 1 heterocycles. The monoisotopic (exact) mass is 344 g/mol. The Morgan fingerprint density at radius 2 is 2.05 bits per heavy atom. The molecule has 0 saturated heterocycles. The number of benzene rings is 2. The molecule has 2 aromatic carbocycles. The summed E-state index contributed by atoms with van der Waals surface area (Å²) in [5, 5.41) is 6.32. The van der Waals surface area contributed by atoms with Crippen LogP contribution in [0.1, 0.15) is 30.5 Å². The van der Waals surface area contributed by atoms with Crippen molar-refractivity contribution in [2.24, 2.45) is 0 Å². The molecule has 21 heavy (non-hydrogen) atoms. The van der Waals surface area contributed by atoms with Crippen molar-refractivity contribution in [2.45, 2.75) is 25.8 Å². The Morgan fingerprint density at radius 1 is 1.24 bits per heavy atom. The molecule has 0 spiro atoms. The number of fused-ring (bicyclic) bond motifs is 1. The first-order chi connectivity index (χ1) is 10.2. The lowest BCUT2D eigenvalue weighted by Gasteiger charge is -2.16. The van der Waals surface area contributed by atoms with E-state index >= 15 is 0 Å². The molecule has 1 aliphatic heterocycles. The molecule has 0 radical (unpaired) electrons. The zero-order chi connectivity index (χ0) is 14.8. The molecule has 1 amide bonds. The number of para-hydroxylation sites is 1. The molecule has 0 aliphatic carbocycles. The molecule has 1 atom stereocenters. The van der Waals surface area contributed by atoms with E-state index in [4.69, 9.17) is 0 Å². The van der Waals surface area contributed by atoms with Crippen molar-refractivity contribution in [2.75, 3.05) is 10.6 Å². The number of hydrogen-bond acceptors (Lipinski definition) is 2. The second-order valence-corrected chi connectivity index (χ2v) is 6.12. The van der Waals surface area contributed by atoms with E-state index in [0.29, 0.717) is 0 Å². The minimum atomic E-state index is -0.328. The summed E-state index contributed by atoms with van der Waals surface area (Å²) in [5.74, 6) is -0.00518. The predicted molar refractivity (Wildman–Crippen MR) is 89.6 cm³/mol. The lowest BCUT2D eigenvalue weighted by Crippen LogP contribution is -2.20. The Labute approximate surface area is 132 Å². The van der Waals surface area contributed by atoms with Gasteiger partial charge in [-0.05, 0) is 30.2 Å². The minimum Gasteiger partial charge on any atom is -0.370 e. The van der Waals surface area contributed by atoms with E-state index in [0.717, 1.165) is 34.3 Å². The zero-order valence-corrected chi connectivity index (χ0v) is 13.4. The third-order valence-electron chi connectivity index (χ3n) is 3.68. The van der Waals surface area contributed by atoms with Crippen LogP contribution in [0.5, 0.6) is 0 Å². The molecule has 4 heteroatoms. The fourth-order valence-electron chi connectivity index (χ4n) is 2.68. The molecule has 0 saturated carbocycles. The maximum absolute atomic E-state index is 12.2. The number of carbonyl (C=O) groups excluding carboxylic acids is 1. The molecule has 108 valence electrons. The summed E-state index contributed by atoms with van der Waals surface area (Å²) in [6, 6.07) is 13.7. The molecule has 2 N–H and O–H groups in total. The predicted octanol–water partition coefficient (Wildman–Crippen LogP) is 4.51. The van der Waals surface area contributed by atoms with Gasteiger partial charge in [-0.25, -0.2) is 0 Å². The van der Waals surface area contributed by atoms with Gasteiger partial charge in [0.15, 0.2) is 0 Å². The fourth-order valence-corrected chi connectivity index (χ4v) is 3.04. The van der Waals surface area contributed by atoms with Crippen LogP contribution in [0, 0.1) is 0 Å². The van der Waals surface area contributed by atoms with Crippen LogP contribution in [-0.2, 0) is 11.2 Å². The third kappa shape index (κ3) is 2.81. The molecule has 0 bridgehead atoms. The van der Waals surface area contributed by atoms with Gasteiger partial charge in [-0.3, -0.25) is 4.79 Å². The number of anilines is 2. The van der Waals surface area contributed by atoms with Gasteiger partial charge in [0.05, 0.1) is 0 Å². The van der Waals surface area contributed by atoms with Crippen molar-refractivity contribution in [3.63, 3.8) is 0 Å². The lowest BCUT2D eigenvalue weighted by molar-refractivity contribution is -0.116. The second-order valence-electron chi connectivity index (χ2n) is 5.21. The zero-order valence-electron chi connectivity index (χ0n) is 11.8. The molecule has 1 aliphatic rings. The molecule has 1 unspecified atom stereocenters. The number of amides is 1. The Hall–Kier alpha value is -1.81. The van der Waals surface area contributed by atoms with Crippen molar-refractivity contribution in [3.05, 3.63) is 58.1 Å². The average Bonchev–Trinajstić information content (AvgIpc) is 2.76.